The molecule has 1 aliphatic rings. The number of carbonyl (C=O) groups is 5. The number of amides is 5. The summed E-state index contributed by atoms with van der Waals surface area (Å²) in [5.41, 5.74) is 27.8. The number of carbonyl (C=O) groups excluding carboxylic acids is 5. The Kier molecular flexibility index (Phi) is 54.9. The minimum atomic E-state index is -1.23. The Morgan fingerprint density at radius 1 is 0.357 bits per heavy atom. The van der Waals surface area contributed by atoms with Crippen LogP contribution in [0.3, 0.4) is 0 Å². The number of aryl methyl sites for hydroxylation is 1. The van der Waals surface area contributed by atoms with E-state index in [0.717, 1.165) is 64.8 Å². The number of anilines is 3. The van der Waals surface area contributed by atoms with Gasteiger partial charge in [-0.15, -0.1) is 23.2 Å². The molecule has 4 aromatic carbocycles. The van der Waals surface area contributed by atoms with E-state index in [1.807, 2.05) is 72.8 Å². The Hall–Kier alpha value is -11.1. The predicted octanol–water partition coefficient (Wildman–Crippen LogP) is 9.14. The van der Waals surface area contributed by atoms with Gasteiger partial charge in [0, 0.05) is 94.8 Å². The summed E-state index contributed by atoms with van der Waals surface area (Å²) < 4.78 is 104. The SMILES string of the molecule is Nc1nc2c(c(OCc3ccc(COCCOCCOCCOCCNC(=O)CCC(CCC(=O)CCCOCCOCCOCCOCc4ccc(COc5nc(N)nc6[nH]cnc56)cc4)(CCC(=O)NCCOCCOCCOCCOCc4ccc(COc5nc(N)nc6[nH]cnc56)cc4)NC(=O)NCCOCCOCCOCCNC(=O)CCCc4ccc(C(CCCl)CCCl)cc4)cc3)n1)N=CC2. The Labute approximate surface area is 843 Å². The lowest BCUT2D eigenvalue weighted by Crippen LogP contribution is -2.53. The number of ketones is 1. The predicted molar refractivity (Wildman–Crippen MR) is 535 cm³/mol. The normalized spacial score (nSPS) is 12.2. The number of hydrogen-bond donors (Lipinski definition) is 10. The van der Waals surface area contributed by atoms with Gasteiger partial charge < -0.3 is 139 Å². The van der Waals surface area contributed by atoms with E-state index < -0.39 is 11.6 Å². The van der Waals surface area contributed by atoms with Crippen molar-refractivity contribution in [3.05, 3.63) is 160 Å². The summed E-state index contributed by atoms with van der Waals surface area (Å²) in [6.07, 6.45) is 9.77. The molecule has 1 aliphatic heterocycles. The van der Waals surface area contributed by atoms with Crippen molar-refractivity contribution in [2.75, 3.05) is 234 Å². The van der Waals surface area contributed by atoms with Gasteiger partial charge in [-0.2, -0.15) is 24.9 Å². The van der Waals surface area contributed by atoms with Crippen LogP contribution in [-0.4, -0.2) is 307 Å². The van der Waals surface area contributed by atoms with E-state index in [2.05, 4.69) is 106 Å². The van der Waals surface area contributed by atoms with Crippen molar-refractivity contribution in [3.63, 3.8) is 0 Å². The second-order valence-electron chi connectivity index (χ2n) is 33.1. The molecule has 143 heavy (non-hydrogen) atoms. The zero-order chi connectivity index (χ0) is 100. The van der Waals surface area contributed by atoms with Gasteiger partial charge in [0.1, 0.15) is 31.3 Å². The monoisotopic (exact) mass is 2030 g/mol. The number of aromatic nitrogens is 10. The zero-order valence-corrected chi connectivity index (χ0v) is 82.9. The molecule has 0 spiro atoms. The van der Waals surface area contributed by atoms with Crippen molar-refractivity contribution in [2.45, 2.75) is 141 Å². The Morgan fingerprint density at radius 3 is 1.10 bits per heavy atom. The van der Waals surface area contributed by atoms with Gasteiger partial charge in [-0.25, -0.2) is 19.7 Å². The van der Waals surface area contributed by atoms with E-state index in [9.17, 15) is 24.0 Å². The quantitative estimate of drug-likeness (QED) is 0.0125. The average molecular weight is 2030 g/mol. The van der Waals surface area contributed by atoms with Crippen molar-refractivity contribution in [3.8, 4) is 17.6 Å². The molecule has 0 fully saturated rings. The number of aliphatic imine (C=N–C) groups is 1. The first-order chi connectivity index (χ1) is 70.1. The third kappa shape index (κ3) is 46.6. The van der Waals surface area contributed by atoms with Gasteiger partial charge in [0.25, 0.3) is 0 Å². The fourth-order valence-electron chi connectivity index (χ4n) is 14.6. The minimum Gasteiger partial charge on any atom is -0.471 e. The number of hydrogen-bond acceptors (Lipinski definition) is 35. The van der Waals surface area contributed by atoms with E-state index >= 15 is 0 Å². The largest absolute Gasteiger partial charge is 0.471 e. The van der Waals surface area contributed by atoms with E-state index in [-0.39, 0.29) is 165 Å². The molecule has 5 amide bonds. The number of imidazole rings is 2. The molecular weight excluding hydrogens is 1890 g/mol. The summed E-state index contributed by atoms with van der Waals surface area (Å²) in [7, 11) is 0. The van der Waals surface area contributed by atoms with Gasteiger partial charge in [0.05, 0.1) is 210 Å². The number of fused-ring (bicyclic) bond motifs is 3. The van der Waals surface area contributed by atoms with Gasteiger partial charge in [-0.3, -0.25) is 24.2 Å². The van der Waals surface area contributed by atoms with E-state index in [1.165, 1.54) is 23.8 Å². The Balaban J connectivity index is 0.615. The maximum absolute atomic E-state index is 14.1. The zero-order valence-electron chi connectivity index (χ0n) is 81.4. The summed E-state index contributed by atoms with van der Waals surface area (Å²) in [5.74, 6) is 1.99. The van der Waals surface area contributed by atoms with E-state index in [1.54, 1.807) is 6.21 Å². The van der Waals surface area contributed by atoms with Crippen molar-refractivity contribution in [1.29, 1.82) is 0 Å². The number of urea groups is 1. The molecule has 0 bridgehead atoms. The first-order valence-corrected chi connectivity index (χ1v) is 49.7. The molecule has 5 aromatic heterocycles. The number of alkyl halides is 2. The summed E-state index contributed by atoms with van der Waals surface area (Å²) in [6, 6.07) is 31.4. The molecule has 0 saturated heterocycles. The smallest absolute Gasteiger partial charge is 0.315 e. The molecule has 6 heterocycles. The maximum atomic E-state index is 14.1. The van der Waals surface area contributed by atoms with E-state index in [4.69, 9.17) is 126 Å². The second kappa shape index (κ2) is 69.0. The lowest BCUT2D eigenvalue weighted by Gasteiger charge is -2.35. The molecule has 0 radical (unpaired) electrons. The first-order valence-electron chi connectivity index (χ1n) is 48.6. The first kappa shape index (κ1) is 114. The molecule has 0 saturated carbocycles. The lowest BCUT2D eigenvalue weighted by molar-refractivity contribution is -0.122. The third-order valence-electron chi connectivity index (χ3n) is 22.2. The topological polar surface area (TPSA) is 537 Å². The highest BCUT2D eigenvalue weighted by molar-refractivity contribution is 6.18. The van der Waals surface area contributed by atoms with Crippen LogP contribution in [0.2, 0.25) is 0 Å². The van der Waals surface area contributed by atoms with Gasteiger partial charge in [-0.05, 0) is 102 Å². The fourth-order valence-corrected chi connectivity index (χ4v) is 15.1. The molecular formula is C99H139Cl2N19O23. The van der Waals surface area contributed by atoms with Crippen LogP contribution < -0.4 is 58.0 Å². The van der Waals surface area contributed by atoms with Crippen LogP contribution in [0.15, 0.2) is 115 Å². The van der Waals surface area contributed by atoms with Crippen LogP contribution in [0, 0.1) is 0 Å². The third-order valence-corrected chi connectivity index (χ3v) is 22.6. The molecule has 42 nitrogen and oxygen atoms in total. The number of nitrogens with two attached hydrogens (primary N) is 3. The minimum absolute atomic E-state index is 0.0225. The van der Waals surface area contributed by atoms with Crippen LogP contribution in [-0.2, 0) is 143 Å². The number of rotatable bonds is 83. The molecule has 782 valence electrons. The standard InChI is InChI=1S/C99H139Cl2N19O23/c100-31-25-81(26-32-101)80-20-18-73(19-21-80)3-1-5-84(122)105-34-39-127-44-49-132-52-47-130-42-37-109-98(125)120-99(28-22-82(121)4-2-38-126-43-48-131-53-56-135-59-62-139-66-75-8-14-78(15-9-75)69-142-93-88-90(112-71-110-88)115-96(103)118-93,29-23-85(123)106-35-40-128-45-50-133-54-57-136-60-63-138-65-74-6-12-77(13-7-74)68-141-92-87-83(27-33-108-87)114-95(102)117-92)30-24-86(124)107-36-41-129-46-51-134-55-58-137-61-64-140-67-76-10-16-79(17-11-76)70-143-94-89-91(113-72-111-89)116-97(104)119-94/h6-21,33,71-72,81H,1-5,22-32,34-70H2,(H,105,122)(H,106,123)(H,107,124)(H2,102,114,117)(H2,109,120,125)(H3,103,110,112,115,118)(H3,104,111,113,116,119). The molecule has 10 rings (SSSR count). The van der Waals surface area contributed by atoms with Crippen molar-refractivity contribution < 1.29 is 109 Å². The number of nitrogens with zero attached hydrogens (tertiary/aromatic N) is 9. The molecule has 1 atom stereocenters. The number of Topliss-reactive ketones (excluding diaryl/α,β-unsaturated/α-hetero) is 1. The maximum Gasteiger partial charge on any atom is 0.315 e. The Morgan fingerprint density at radius 2 is 0.692 bits per heavy atom. The van der Waals surface area contributed by atoms with Crippen LogP contribution in [0.25, 0.3) is 22.3 Å². The lowest BCUT2D eigenvalue weighted by atomic mass is 9.82. The number of H-pyrrole nitrogens is 2. The number of ether oxygens (including phenoxy) is 18. The summed E-state index contributed by atoms with van der Waals surface area (Å²) in [5, 5.41) is 14.7. The van der Waals surface area contributed by atoms with Gasteiger partial charge >= 0.3 is 6.03 Å². The Bertz CT molecular complexity index is 4940. The molecule has 13 N–H and O–H groups in total. The average Bonchev–Trinajstić information content (AvgIpc) is 1.68. The van der Waals surface area contributed by atoms with Gasteiger partial charge in [-0.1, -0.05) is 97.1 Å². The highest BCUT2D eigenvalue weighted by atomic mass is 35.5. The number of nitrogen functional groups attached to an aromatic ring is 3. The summed E-state index contributed by atoms with van der Waals surface area (Å²) >= 11 is 12.1. The van der Waals surface area contributed by atoms with Crippen LogP contribution >= 0.6 is 23.2 Å². The number of halogens is 2. The number of benzene rings is 4. The van der Waals surface area contributed by atoms with Crippen LogP contribution in [0.4, 0.5) is 28.3 Å². The van der Waals surface area contributed by atoms with Gasteiger partial charge in [0.15, 0.2) is 22.3 Å². The molecule has 1 unspecified atom stereocenters. The van der Waals surface area contributed by atoms with Crippen LogP contribution in [0.1, 0.15) is 133 Å². The van der Waals surface area contributed by atoms with Crippen molar-refractivity contribution in [1.82, 2.24) is 76.4 Å². The number of aromatic amines is 2. The summed E-state index contributed by atoms with van der Waals surface area (Å²) in [6.45, 7) is 11.2. The number of nitrogens with one attached hydrogen (secondary N) is 7. The van der Waals surface area contributed by atoms with Gasteiger partial charge in [0.2, 0.25) is 53.2 Å². The highest BCUT2D eigenvalue weighted by Crippen LogP contribution is 2.34. The van der Waals surface area contributed by atoms with Crippen molar-refractivity contribution in [2.24, 2.45) is 4.99 Å². The highest BCUT2D eigenvalue weighted by Gasteiger charge is 2.34. The second-order valence-corrected chi connectivity index (χ2v) is 33.8. The molecule has 0 aliphatic carbocycles. The van der Waals surface area contributed by atoms with Crippen LogP contribution in [0.5, 0.6) is 17.6 Å². The molecule has 44 heteroatoms. The van der Waals surface area contributed by atoms with E-state index in [0.29, 0.717) is 248 Å². The fraction of sp³-hybridized carbons (Fsp3) is 0.556. The molecule has 9 aromatic rings. The van der Waals surface area contributed by atoms with Crippen molar-refractivity contribution >= 4 is 105 Å². The summed E-state index contributed by atoms with van der Waals surface area (Å²) in [4.78, 5) is 112.